The van der Waals surface area contributed by atoms with Crippen LogP contribution in [0.1, 0.15) is 16.4 Å². The molecule has 3 rings (SSSR count). The molecule has 0 aliphatic heterocycles. The molecule has 2 heterocycles. The van der Waals surface area contributed by atoms with Crippen LogP contribution in [0.15, 0.2) is 34.7 Å². The maximum atomic E-state index is 10.6. The van der Waals surface area contributed by atoms with Crippen molar-refractivity contribution in [2.75, 3.05) is 0 Å². The summed E-state index contributed by atoms with van der Waals surface area (Å²) in [7, 11) is 1.86. The largest absolute Gasteiger partial charge is 0.453 e. The highest BCUT2D eigenvalue weighted by molar-refractivity contribution is 5.82. The molecule has 2 aromatic heterocycles. The Morgan fingerprint density at radius 2 is 2.21 bits per heavy atom. The molecule has 5 nitrogen and oxygen atoms in total. The molecule has 0 spiro atoms. The van der Waals surface area contributed by atoms with Crippen molar-refractivity contribution in [2.24, 2.45) is 7.05 Å². The van der Waals surface area contributed by atoms with Gasteiger partial charge < -0.3 is 14.1 Å². The topological polar surface area (TPSA) is 68.3 Å². The van der Waals surface area contributed by atoms with Crippen LogP contribution in [0.25, 0.3) is 22.4 Å². The summed E-state index contributed by atoms with van der Waals surface area (Å²) in [6.07, 6.45) is 0.673. The second kappa shape index (κ2) is 4.37. The lowest BCUT2D eigenvalue weighted by molar-refractivity contribution is 0.110. The van der Waals surface area contributed by atoms with E-state index in [9.17, 15) is 9.90 Å². The van der Waals surface area contributed by atoms with Crippen LogP contribution in [-0.4, -0.2) is 20.9 Å². The van der Waals surface area contributed by atoms with Gasteiger partial charge in [0.1, 0.15) is 18.2 Å². The molecule has 0 aliphatic rings. The van der Waals surface area contributed by atoms with Crippen molar-refractivity contribution in [3.8, 4) is 11.3 Å². The van der Waals surface area contributed by atoms with E-state index in [0.29, 0.717) is 23.6 Å². The number of aryl methyl sites for hydroxylation is 1. The number of hydrogen-bond donors (Lipinski definition) is 1. The van der Waals surface area contributed by atoms with Crippen molar-refractivity contribution in [1.82, 2.24) is 9.55 Å². The summed E-state index contributed by atoms with van der Waals surface area (Å²) in [6, 6.07) is 9.07. The summed E-state index contributed by atoms with van der Waals surface area (Å²) in [4.78, 5) is 15.0. The van der Waals surface area contributed by atoms with Crippen LogP contribution in [0, 0.1) is 0 Å². The summed E-state index contributed by atoms with van der Waals surface area (Å²) in [5.74, 6) is 1.53. The Bertz CT molecular complexity index is 755. The highest BCUT2D eigenvalue weighted by Gasteiger charge is 2.10. The van der Waals surface area contributed by atoms with Crippen LogP contribution in [0.4, 0.5) is 0 Å². The molecule has 0 saturated heterocycles. The molecule has 0 aliphatic carbocycles. The minimum absolute atomic E-state index is 0.101. The Kier molecular flexibility index (Phi) is 2.68. The Balaban J connectivity index is 2.13. The normalized spacial score (nSPS) is 11.1. The molecule has 0 amide bonds. The van der Waals surface area contributed by atoms with Gasteiger partial charge in [0.05, 0.1) is 11.0 Å². The molecule has 1 aromatic carbocycles. The second-order valence-electron chi connectivity index (χ2n) is 4.27. The molecule has 96 valence electrons. The SMILES string of the molecule is Cn1c(CO)nc2cc(-c3ccc(C=O)o3)ccc21. The minimum atomic E-state index is -0.101. The number of carbonyl (C=O) groups excluding carboxylic acids is 1. The third-order valence-electron chi connectivity index (χ3n) is 3.14. The van der Waals surface area contributed by atoms with Crippen LogP contribution in [0.5, 0.6) is 0 Å². The third kappa shape index (κ3) is 1.84. The van der Waals surface area contributed by atoms with Crippen molar-refractivity contribution in [3.05, 3.63) is 41.9 Å². The van der Waals surface area contributed by atoms with E-state index >= 15 is 0 Å². The molecular formula is C14H12N2O3. The van der Waals surface area contributed by atoms with E-state index in [1.54, 1.807) is 12.1 Å². The first kappa shape index (κ1) is 11.7. The zero-order valence-corrected chi connectivity index (χ0v) is 10.3. The highest BCUT2D eigenvalue weighted by atomic mass is 16.3. The van der Waals surface area contributed by atoms with Gasteiger partial charge in [-0.1, -0.05) is 0 Å². The summed E-state index contributed by atoms with van der Waals surface area (Å²) in [5, 5.41) is 9.20. The zero-order valence-electron chi connectivity index (χ0n) is 10.3. The Labute approximate surface area is 109 Å². The number of aliphatic hydroxyl groups is 1. The number of fused-ring (bicyclic) bond motifs is 1. The van der Waals surface area contributed by atoms with Gasteiger partial charge in [0.25, 0.3) is 0 Å². The van der Waals surface area contributed by atoms with Gasteiger partial charge in [-0.25, -0.2) is 4.98 Å². The summed E-state index contributed by atoms with van der Waals surface area (Å²) < 4.78 is 7.22. The monoisotopic (exact) mass is 256 g/mol. The molecule has 5 heteroatoms. The Morgan fingerprint density at radius 1 is 1.37 bits per heavy atom. The van der Waals surface area contributed by atoms with Crippen molar-refractivity contribution in [1.29, 1.82) is 0 Å². The van der Waals surface area contributed by atoms with Crippen molar-refractivity contribution >= 4 is 17.3 Å². The lowest BCUT2D eigenvalue weighted by Gasteiger charge is -1.99. The molecule has 19 heavy (non-hydrogen) atoms. The van der Waals surface area contributed by atoms with Gasteiger partial charge in [0.15, 0.2) is 12.0 Å². The van der Waals surface area contributed by atoms with Gasteiger partial charge in [0.2, 0.25) is 0 Å². The molecule has 0 saturated carbocycles. The predicted octanol–water partition coefficient (Wildman–Crippen LogP) is 2.14. The number of aldehydes is 1. The van der Waals surface area contributed by atoms with Gasteiger partial charge in [-0.05, 0) is 30.3 Å². The molecular weight excluding hydrogens is 244 g/mol. The lowest BCUT2D eigenvalue weighted by atomic mass is 10.1. The van der Waals surface area contributed by atoms with E-state index in [0.717, 1.165) is 16.6 Å². The number of furan rings is 1. The Morgan fingerprint density at radius 3 is 2.89 bits per heavy atom. The van der Waals surface area contributed by atoms with Crippen molar-refractivity contribution < 1.29 is 14.3 Å². The van der Waals surface area contributed by atoms with Crippen LogP contribution in [-0.2, 0) is 13.7 Å². The summed E-state index contributed by atoms with van der Waals surface area (Å²) >= 11 is 0. The first-order valence-electron chi connectivity index (χ1n) is 5.84. The first-order chi connectivity index (χ1) is 9.22. The molecule has 0 fully saturated rings. The van der Waals surface area contributed by atoms with E-state index in [4.69, 9.17) is 4.42 Å². The number of nitrogens with zero attached hydrogens (tertiary/aromatic N) is 2. The molecule has 1 N–H and O–H groups in total. The number of carbonyl (C=O) groups is 1. The predicted molar refractivity (Wildman–Crippen MR) is 69.7 cm³/mol. The van der Waals surface area contributed by atoms with E-state index in [2.05, 4.69) is 4.98 Å². The maximum Gasteiger partial charge on any atom is 0.185 e. The first-order valence-corrected chi connectivity index (χ1v) is 5.84. The van der Waals surface area contributed by atoms with Crippen molar-refractivity contribution in [3.63, 3.8) is 0 Å². The molecule has 0 atom stereocenters. The number of rotatable bonds is 3. The van der Waals surface area contributed by atoms with E-state index in [1.165, 1.54) is 0 Å². The van der Waals surface area contributed by atoms with Gasteiger partial charge in [-0.3, -0.25) is 4.79 Å². The fourth-order valence-corrected chi connectivity index (χ4v) is 2.12. The standard InChI is InChI=1S/C14H12N2O3/c1-16-12-4-2-9(6-11(12)15-14(16)8-18)13-5-3-10(7-17)19-13/h2-7,18H,8H2,1H3. The van der Waals surface area contributed by atoms with Gasteiger partial charge in [0, 0.05) is 12.6 Å². The van der Waals surface area contributed by atoms with Crippen LogP contribution >= 0.6 is 0 Å². The maximum absolute atomic E-state index is 10.6. The number of hydrogen-bond acceptors (Lipinski definition) is 4. The summed E-state index contributed by atoms with van der Waals surface area (Å²) in [5.41, 5.74) is 2.58. The van der Waals surface area contributed by atoms with E-state index in [-0.39, 0.29) is 6.61 Å². The number of aromatic nitrogens is 2. The van der Waals surface area contributed by atoms with Crippen LogP contribution in [0.3, 0.4) is 0 Å². The lowest BCUT2D eigenvalue weighted by Crippen LogP contribution is -1.96. The summed E-state index contributed by atoms with van der Waals surface area (Å²) in [6.45, 7) is -0.101. The number of aliphatic hydroxyl groups excluding tert-OH is 1. The number of benzene rings is 1. The van der Waals surface area contributed by atoms with E-state index < -0.39 is 0 Å². The van der Waals surface area contributed by atoms with Gasteiger partial charge >= 0.3 is 0 Å². The third-order valence-corrected chi connectivity index (χ3v) is 3.14. The Hall–Kier alpha value is -2.40. The van der Waals surface area contributed by atoms with Crippen molar-refractivity contribution in [2.45, 2.75) is 6.61 Å². The average Bonchev–Trinajstić information content (AvgIpc) is 3.03. The number of imidazole rings is 1. The molecule has 0 unspecified atom stereocenters. The zero-order chi connectivity index (χ0) is 13.4. The fraction of sp³-hybridized carbons (Fsp3) is 0.143. The van der Waals surface area contributed by atoms with E-state index in [1.807, 2.05) is 29.8 Å². The van der Waals surface area contributed by atoms with Crippen LogP contribution < -0.4 is 0 Å². The van der Waals surface area contributed by atoms with Gasteiger partial charge in [-0.15, -0.1) is 0 Å². The average molecular weight is 256 g/mol. The fourth-order valence-electron chi connectivity index (χ4n) is 2.12. The minimum Gasteiger partial charge on any atom is -0.453 e. The smallest absolute Gasteiger partial charge is 0.185 e. The molecule has 0 bridgehead atoms. The molecule has 0 radical (unpaired) electrons. The quantitative estimate of drug-likeness (QED) is 0.729. The highest BCUT2D eigenvalue weighted by Crippen LogP contribution is 2.26. The van der Waals surface area contributed by atoms with Gasteiger partial charge in [-0.2, -0.15) is 0 Å². The molecule has 3 aromatic rings. The van der Waals surface area contributed by atoms with Crippen LogP contribution in [0.2, 0.25) is 0 Å². The second-order valence-corrected chi connectivity index (χ2v) is 4.27.